The van der Waals surface area contributed by atoms with Crippen molar-refractivity contribution in [3.63, 3.8) is 0 Å². The Kier molecular flexibility index (Phi) is 5.74. The number of methoxy groups -OCH3 is 1. The molecule has 6 nitrogen and oxygen atoms in total. The lowest BCUT2D eigenvalue weighted by atomic mass is 9.96. The van der Waals surface area contributed by atoms with Crippen molar-refractivity contribution in [2.24, 2.45) is 7.05 Å². The van der Waals surface area contributed by atoms with Crippen LogP contribution >= 0.6 is 0 Å². The van der Waals surface area contributed by atoms with Gasteiger partial charge in [0.25, 0.3) is 0 Å². The van der Waals surface area contributed by atoms with Gasteiger partial charge >= 0.3 is 0 Å². The zero-order chi connectivity index (χ0) is 18.6. The van der Waals surface area contributed by atoms with Crippen molar-refractivity contribution in [3.8, 4) is 5.75 Å². The third-order valence-corrected chi connectivity index (χ3v) is 6.00. The van der Waals surface area contributed by atoms with Crippen LogP contribution in [0.25, 0.3) is 0 Å². The molecule has 0 aliphatic carbocycles. The molecule has 0 radical (unpaired) electrons. The minimum absolute atomic E-state index is 0.474. The molecule has 2 aromatic rings. The Bertz CT molecular complexity index is 736. The molecule has 0 saturated carbocycles. The quantitative estimate of drug-likeness (QED) is 0.784. The van der Waals surface area contributed by atoms with Crippen molar-refractivity contribution >= 4 is 0 Å². The number of ether oxygens (including phenoxy) is 1. The number of hydrogen-bond acceptors (Lipinski definition) is 5. The molecular formula is C21H31N5O. The number of likely N-dealkylation sites (tertiary alicyclic amines) is 2. The first-order valence-corrected chi connectivity index (χ1v) is 10.2. The van der Waals surface area contributed by atoms with Gasteiger partial charge in [-0.25, -0.2) is 0 Å². The van der Waals surface area contributed by atoms with E-state index < -0.39 is 0 Å². The van der Waals surface area contributed by atoms with E-state index >= 15 is 0 Å². The molecule has 1 aromatic heterocycles. The summed E-state index contributed by atoms with van der Waals surface area (Å²) in [6, 6.07) is 8.42. The summed E-state index contributed by atoms with van der Waals surface area (Å²) >= 11 is 0. The lowest BCUT2D eigenvalue weighted by molar-refractivity contribution is 0.195. The maximum absolute atomic E-state index is 5.26. The second-order valence-corrected chi connectivity index (χ2v) is 7.94. The summed E-state index contributed by atoms with van der Waals surface area (Å²) in [5.41, 5.74) is 1.34. The Morgan fingerprint density at radius 2 is 1.70 bits per heavy atom. The third-order valence-electron chi connectivity index (χ3n) is 6.00. The van der Waals surface area contributed by atoms with Gasteiger partial charge in [0.15, 0.2) is 0 Å². The Morgan fingerprint density at radius 3 is 2.44 bits per heavy atom. The van der Waals surface area contributed by atoms with Crippen LogP contribution in [0.1, 0.15) is 48.8 Å². The Hall–Kier alpha value is -1.92. The molecule has 2 aliphatic rings. The van der Waals surface area contributed by atoms with Gasteiger partial charge in [0.2, 0.25) is 0 Å². The van der Waals surface area contributed by atoms with E-state index in [1.165, 1.54) is 44.3 Å². The number of nitrogens with zero attached hydrogens (tertiary/aromatic N) is 5. The van der Waals surface area contributed by atoms with Gasteiger partial charge < -0.3 is 9.30 Å². The summed E-state index contributed by atoms with van der Waals surface area (Å²) in [6.45, 7) is 6.52. The number of aromatic nitrogens is 3. The first-order valence-electron chi connectivity index (χ1n) is 10.2. The average molecular weight is 370 g/mol. The van der Waals surface area contributed by atoms with E-state index in [1.807, 2.05) is 12.1 Å². The molecule has 1 atom stereocenters. The Labute approximate surface area is 162 Å². The van der Waals surface area contributed by atoms with Crippen molar-refractivity contribution in [2.75, 3.05) is 33.3 Å². The van der Waals surface area contributed by atoms with Crippen LogP contribution in [0.4, 0.5) is 0 Å². The topological polar surface area (TPSA) is 46.4 Å². The van der Waals surface area contributed by atoms with Crippen LogP contribution < -0.4 is 4.74 Å². The fourth-order valence-corrected chi connectivity index (χ4v) is 4.41. The highest BCUT2D eigenvalue weighted by Crippen LogP contribution is 2.27. The summed E-state index contributed by atoms with van der Waals surface area (Å²) in [6.07, 6.45) is 5.05. The minimum Gasteiger partial charge on any atom is -0.497 e. The lowest BCUT2D eigenvalue weighted by Crippen LogP contribution is -2.35. The predicted molar refractivity (Wildman–Crippen MR) is 106 cm³/mol. The van der Waals surface area contributed by atoms with Crippen molar-refractivity contribution in [1.82, 2.24) is 24.6 Å². The van der Waals surface area contributed by atoms with Crippen LogP contribution in [0.3, 0.4) is 0 Å². The van der Waals surface area contributed by atoms with Gasteiger partial charge in [-0.2, -0.15) is 0 Å². The van der Waals surface area contributed by atoms with Crippen LogP contribution in [0.15, 0.2) is 24.3 Å². The zero-order valence-corrected chi connectivity index (χ0v) is 16.6. The van der Waals surface area contributed by atoms with Crippen LogP contribution in [0.5, 0.6) is 5.75 Å². The van der Waals surface area contributed by atoms with E-state index in [9.17, 15) is 0 Å². The highest BCUT2D eigenvalue weighted by atomic mass is 16.5. The molecule has 6 heteroatoms. The Morgan fingerprint density at radius 1 is 0.963 bits per heavy atom. The first kappa shape index (κ1) is 18.4. The molecule has 3 heterocycles. The fourth-order valence-electron chi connectivity index (χ4n) is 4.41. The van der Waals surface area contributed by atoms with Crippen molar-refractivity contribution in [2.45, 2.75) is 44.7 Å². The minimum atomic E-state index is 0.474. The van der Waals surface area contributed by atoms with Gasteiger partial charge in [0.05, 0.1) is 13.7 Å². The summed E-state index contributed by atoms with van der Waals surface area (Å²) in [4.78, 5) is 5.04. The van der Waals surface area contributed by atoms with Crippen LogP contribution in [-0.2, 0) is 20.1 Å². The van der Waals surface area contributed by atoms with Gasteiger partial charge in [-0.1, -0.05) is 12.1 Å². The predicted octanol–water partition coefficient (Wildman–Crippen LogP) is 2.80. The second-order valence-electron chi connectivity index (χ2n) is 7.94. The summed E-state index contributed by atoms with van der Waals surface area (Å²) < 4.78 is 7.51. The van der Waals surface area contributed by atoms with E-state index in [0.717, 1.165) is 43.6 Å². The number of hydrogen-bond donors (Lipinski definition) is 0. The van der Waals surface area contributed by atoms with Crippen LogP contribution in [-0.4, -0.2) is 57.9 Å². The van der Waals surface area contributed by atoms with Crippen molar-refractivity contribution in [3.05, 3.63) is 41.5 Å². The van der Waals surface area contributed by atoms with Gasteiger partial charge in [-0.3, -0.25) is 9.80 Å². The molecule has 0 spiro atoms. The molecule has 0 bridgehead atoms. The highest BCUT2D eigenvalue weighted by molar-refractivity contribution is 5.27. The van der Waals surface area contributed by atoms with Gasteiger partial charge in [-0.05, 0) is 63.0 Å². The van der Waals surface area contributed by atoms with Gasteiger partial charge in [0, 0.05) is 26.1 Å². The SMILES string of the molecule is COc1ccc(CN2CCCC(c3nnc(CN4CCCC4)n3C)C2)cc1. The molecule has 0 amide bonds. The average Bonchev–Trinajstić information content (AvgIpc) is 3.33. The normalized spacial score (nSPS) is 21.6. The summed E-state index contributed by atoms with van der Waals surface area (Å²) in [5, 5.41) is 9.11. The number of benzene rings is 1. The molecular weight excluding hydrogens is 338 g/mol. The maximum Gasteiger partial charge on any atom is 0.146 e. The third kappa shape index (κ3) is 4.33. The van der Waals surface area contributed by atoms with Crippen LogP contribution in [0, 0.1) is 0 Å². The van der Waals surface area contributed by atoms with Crippen molar-refractivity contribution < 1.29 is 4.74 Å². The summed E-state index contributed by atoms with van der Waals surface area (Å²) in [5.74, 6) is 3.66. The molecule has 2 saturated heterocycles. The number of rotatable bonds is 6. The van der Waals surface area contributed by atoms with E-state index in [2.05, 4.69) is 43.7 Å². The van der Waals surface area contributed by atoms with Gasteiger partial charge in [0.1, 0.15) is 17.4 Å². The number of piperidine rings is 1. The first-order chi connectivity index (χ1) is 13.2. The molecule has 2 aliphatic heterocycles. The lowest BCUT2D eigenvalue weighted by Gasteiger charge is -2.32. The van der Waals surface area contributed by atoms with E-state index in [1.54, 1.807) is 7.11 Å². The maximum atomic E-state index is 5.26. The highest BCUT2D eigenvalue weighted by Gasteiger charge is 2.26. The summed E-state index contributed by atoms with van der Waals surface area (Å²) in [7, 11) is 3.85. The fraction of sp³-hybridized carbons (Fsp3) is 0.619. The standard InChI is InChI=1S/C21H31N5O/c1-24-20(16-25-11-3-4-12-25)22-23-21(24)18-6-5-13-26(15-18)14-17-7-9-19(27-2)10-8-17/h7-10,18H,3-6,11-16H2,1-2H3. The second kappa shape index (κ2) is 8.40. The molecule has 1 aromatic carbocycles. The molecule has 4 rings (SSSR count). The van der Waals surface area contributed by atoms with Crippen LogP contribution in [0.2, 0.25) is 0 Å². The molecule has 27 heavy (non-hydrogen) atoms. The molecule has 146 valence electrons. The van der Waals surface area contributed by atoms with Gasteiger partial charge in [-0.15, -0.1) is 10.2 Å². The Balaban J connectivity index is 1.39. The van der Waals surface area contributed by atoms with E-state index in [-0.39, 0.29) is 0 Å². The molecule has 1 unspecified atom stereocenters. The van der Waals surface area contributed by atoms with E-state index in [0.29, 0.717) is 5.92 Å². The smallest absolute Gasteiger partial charge is 0.146 e. The molecule has 0 N–H and O–H groups in total. The van der Waals surface area contributed by atoms with E-state index in [4.69, 9.17) is 4.74 Å². The zero-order valence-electron chi connectivity index (χ0n) is 16.6. The largest absolute Gasteiger partial charge is 0.497 e. The molecule has 2 fully saturated rings. The van der Waals surface area contributed by atoms with Crippen molar-refractivity contribution in [1.29, 1.82) is 0 Å². The monoisotopic (exact) mass is 369 g/mol.